The van der Waals surface area contributed by atoms with Gasteiger partial charge in [0.15, 0.2) is 5.69 Å². The Morgan fingerprint density at radius 2 is 1.63 bits per heavy atom. The molecule has 35 heavy (non-hydrogen) atoms. The lowest BCUT2D eigenvalue weighted by Crippen LogP contribution is -2.34. The fourth-order valence-corrected chi connectivity index (χ4v) is 3.03. The van der Waals surface area contributed by atoms with E-state index in [1.807, 2.05) is 0 Å². The standard InChI is InChI=1S/C22H16F6N4O3/c1-12-9-17(33)18(31-32(12)14-6-4-5-13(10-14)22(26,27)28)20(35)30-16-8-3-2-7-15(16)19(34)29-11-21(23,24)25/h2-10H,11H2,1H3,(H,29,34)(H,30,35). The van der Waals surface area contributed by atoms with Gasteiger partial charge < -0.3 is 10.6 Å². The van der Waals surface area contributed by atoms with Crippen LogP contribution in [0.5, 0.6) is 0 Å². The summed E-state index contributed by atoms with van der Waals surface area (Å²) in [7, 11) is 0. The molecule has 0 aliphatic rings. The molecule has 1 aromatic heterocycles. The zero-order valence-electron chi connectivity index (χ0n) is 17.8. The minimum absolute atomic E-state index is 0.0710. The molecule has 7 nitrogen and oxygen atoms in total. The van der Waals surface area contributed by atoms with Crippen LogP contribution in [0.2, 0.25) is 0 Å². The average Bonchev–Trinajstić information content (AvgIpc) is 2.77. The fourth-order valence-electron chi connectivity index (χ4n) is 3.03. The first-order valence-electron chi connectivity index (χ1n) is 9.80. The summed E-state index contributed by atoms with van der Waals surface area (Å²) in [4.78, 5) is 37.3. The van der Waals surface area contributed by atoms with Crippen molar-refractivity contribution >= 4 is 17.5 Å². The smallest absolute Gasteiger partial charge is 0.343 e. The van der Waals surface area contributed by atoms with Gasteiger partial charge in [-0.25, -0.2) is 4.68 Å². The molecule has 0 saturated heterocycles. The summed E-state index contributed by atoms with van der Waals surface area (Å²) in [6.45, 7) is -0.202. The Balaban J connectivity index is 1.94. The monoisotopic (exact) mass is 498 g/mol. The second-order valence-electron chi connectivity index (χ2n) is 7.26. The fraction of sp³-hybridized carbons (Fsp3) is 0.182. The number of carbonyl (C=O) groups excluding carboxylic acids is 2. The van der Waals surface area contributed by atoms with Crippen LogP contribution in [0.4, 0.5) is 32.0 Å². The molecule has 0 aliphatic carbocycles. The summed E-state index contributed by atoms with van der Waals surface area (Å²) in [6.07, 6.45) is -9.30. The molecule has 2 amide bonds. The number of rotatable bonds is 5. The average molecular weight is 498 g/mol. The van der Waals surface area contributed by atoms with Crippen LogP contribution in [0.15, 0.2) is 59.4 Å². The Morgan fingerprint density at radius 3 is 2.29 bits per heavy atom. The number of anilines is 1. The Morgan fingerprint density at radius 1 is 0.943 bits per heavy atom. The van der Waals surface area contributed by atoms with Crippen molar-refractivity contribution in [3.63, 3.8) is 0 Å². The number of alkyl halides is 6. The summed E-state index contributed by atoms with van der Waals surface area (Å²) in [5.74, 6) is -2.25. The molecule has 2 aromatic carbocycles. The predicted molar refractivity (Wildman–Crippen MR) is 112 cm³/mol. The molecular weight excluding hydrogens is 482 g/mol. The second-order valence-corrected chi connectivity index (χ2v) is 7.26. The third-order valence-electron chi connectivity index (χ3n) is 4.61. The van der Waals surface area contributed by atoms with Crippen molar-refractivity contribution in [2.75, 3.05) is 11.9 Å². The molecule has 3 aromatic rings. The predicted octanol–water partition coefficient (Wildman–Crippen LogP) is 4.10. The molecule has 0 unspecified atom stereocenters. The molecule has 184 valence electrons. The molecule has 0 bridgehead atoms. The highest BCUT2D eigenvalue weighted by molar-refractivity contribution is 6.08. The van der Waals surface area contributed by atoms with Crippen LogP contribution in [0.25, 0.3) is 5.69 Å². The van der Waals surface area contributed by atoms with Gasteiger partial charge in [0.2, 0.25) is 5.43 Å². The van der Waals surface area contributed by atoms with Gasteiger partial charge in [0.05, 0.1) is 22.5 Å². The summed E-state index contributed by atoms with van der Waals surface area (Å²) in [5, 5.41) is 7.79. The van der Waals surface area contributed by atoms with Crippen LogP contribution in [0, 0.1) is 6.92 Å². The zero-order valence-corrected chi connectivity index (χ0v) is 17.8. The number of amides is 2. The van der Waals surface area contributed by atoms with Crippen molar-refractivity contribution in [2.45, 2.75) is 19.3 Å². The van der Waals surface area contributed by atoms with Crippen molar-refractivity contribution in [1.29, 1.82) is 0 Å². The van der Waals surface area contributed by atoms with E-state index < -0.39 is 47.4 Å². The van der Waals surface area contributed by atoms with E-state index >= 15 is 0 Å². The van der Waals surface area contributed by atoms with Gasteiger partial charge in [0.1, 0.15) is 6.54 Å². The van der Waals surface area contributed by atoms with Crippen molar-refractivity contribution in [3.8, 4) is 5.69 Å². The van der Waals surface area contributed by atoms with Crippen LogP contribution in [-0.2, 0) is 6.18 Å². The minimum atomic E-state index is -4.66. The van der Waals surface area contributed by atoms with Crippen molar-refractivity contribution < 1.29 is 35.9 Å². The van der Waals surface area contributed by atoms with Crippen LogP contribution in [0.3, 0.4) is 0 Å². The highest BCUT2D eigenvalue weighted by Gasteiger charge is 2.31. The Labute approximate surface area is 193 Å². The highest BCUT2D eigenvalue weighted by Crippen LogP contribution is 2.30. The van der Waals surface area contributed by atoms with Gasteiger partial charge >= 0.3 is 12.4 Å². The molecule has 2 N–H and O–H groups in total. The molecule has 0 atom stereocenters. The number of aromatic nitrogens is 2. The minimum Gasteiger partial charge on any atom is -0.343 e. The SMILES string of the molecule is Cc1cc(=O)c(C(=O)Nc2ccccc2C(=O)NCC(F)(F)F)nn1-c1cccc(C(F)(F)F)c1. The number of hydrogen-bond donors (Lipinski definition) is 2. The molecule has 13 heteroatoms. The van der Waals surface area contributed by atoms with Crippen molar-refractivity contribution in [1.82, 2.24) is 15.1 Å². The molecular formula is C22H16F6N4O3. The Hall–Kier alpha value is -4.16. The van der Waals surface area contributed by atoms with Crippen LogP contribution in [-0.4, -0.2) is 34.3 Å². The molecule has 0 radical (unpaired) electrons. The maximum absolute atomic E-state index is 13.1. The van der Waals surface area contributed by atoms with Crippen LogP contribution in [0.1, 0.15) is 32.1 Å². The van der Waals surface area contributed by atoms with Gasteiger partial charge in [-0.3, -0.25) is 14.4 Å². The quantitative estimate of drug-likeness (QED) is 0.518. The lowest BCUT2D eigenvalue weighted by Gasteiger charge is -2.14. The molecule has 0 fully saturated rings. The first-order valence-corrected chi connectivity index (χ1v) is 9.80. The maximum atomic E-state index is 13.1. The van der Waals surface area contributed by atoms with E-state index in [1.165, 1.54) is 31.2 Å². The first-order chi connectivity index (χ1) is 16.3. The van der Waals surface area contributed by atoms with E-state index in [2.05, 4.69) is 10.4 Å². The third-order valence-corrected chi connectivity index (χ3v) is 4.61. The normalized spacial score (nSPS) is 11.7. The highest BCUT2D eigenvalue weighted by atomic mass is 19.4. The van der Waals surface area contributed by atoms with Gasteiger partial charge in [-0.15, -0.1) is 0 Å². The largest absolute Gasteiger partial charge is 0.416 e. The number of halogens is 6. The lowest BCUT2D eigenvalue weighted by atomic mass is 10.1. The van der Waals surface area contributed by atoms with Crippen molar-refractivity contribution in [2.24, 2.45) is 0 Å². The number of carbonyl (C=O) groups is 2. The number of aryl methyl sites for hydroxylation is 1. The summed E-state index contributed by atoms with van der Waals surface area (Å²) < 4.78 is 77.5. The number of nitrogens with zero attached hydrogens (tertiary/aromatic N) is 2. The third kappa shape index (κ3) is 6.25. The van der Waals surface area contributed by atoms with Crippen molar-refractivity contribution in [3.05, 3.63) is 87.3 Å². The summed E-state index contributed by atoms with van der Waals surface area (Å²) >= 11 is 0. The molecule has 1 heterocycles. The van der Waals surface area contributed by atoms with Gasteiger partial charge in [0.25, 0.3) is 11.8 Å². The van der Waals surface area contributed by atoms with Gasteiger partial charge in [-0.2, -0.15) is 31.4 Å². The number of para-hydroxylation sites is 1. The zero-order chi connectivity index (χ0) is 26.0. The molecule has 0 spiro atoms. The lowest BCUT2D eigenvalue weighted by molar-refractivity contribution is -0.137. The van der Waals surface area contributed by atoms with E-state index in [4.69, 9.17) is 0 Å². The second kappa shape index (κ2) is 9.60. The van der Waals surface area contributed by atoms with Crippen LogP contribution >= 0.6 is 0 Å². The first kappa shape index (κ1) is 25.5. The summed E-state index contributed by atoms with van der Waals surface area (Å²) in [6, 6.07) is 10.2. The Kier molecular flexibility index (Phi) is 6.99. The van der Waals surface area contributed by atoms with E-state index in [-0.39, 0.29) is 22.6 Å². The molecule has 3 rings (SSSR count). The number of benzene rings is 2. The van der Waals surface area contributed by atoms with Gasteiger partial charge in [-0.05, 0) is 37.3 Å². The van der Waals surface area contributed by atoms with E-state index in [0.29, 0.717) is 0 Å². The number of nitrogens with one attached hydrogen (secondary N) is 2. The van der Waals surface area contributed by atoms with E-state index in [1.54, 1.807) is 5.32 Å². The van der Waals surface area contributed by atoms with Crippen LogP contribution < -0.4 is 16.1 Å². The Bertz CT molecular complexity index is 1330. The molecule has 0 saturated carbocycles. The topological polar surface area (TPSA) is 93.1 Å². The maximum Gasteiger partial charge on any atom is 0.416 e. The van der Waals surface area contributed by atoms with Gasteiger partial charge in [-0.1, -0.05) is 18.2 Å². The van der Waals surface area contributed by atoms with E-state index in [9.17, 15) is 40.7 Å². The van der Waals surface area contributed by atoms with E-state index in [0.717, 1.165) is 35.0 Å². The molecule has 0 aliphatic heterocycles. The van der Waals surface area contributed by atoms with Gasteiger partial charge in [0, 0.05) is 11.8 Å². The summed E-state index contributed by atoms with van der Waals surface area (Å²) in [5.41, 5.74) is -2.99. The number of hydrogen-bond acceptors (Lipinski definition) is 4.